The molecule has 2 heterocycles. The van der Waals surface area contributed by atoms with Crippen molar-refractivity contribution in [3.05, 3.63) is 36.0 Å². The highest BCUT2D eigenvalue weighted by atomic mass is 32.2. The fraction of sp³-hybridized carbons (Fsp3) is 0.294. The molecule has 26 heavy (non-hydrogen) atoms. The molecule has 1 aromatic carbocycles. The number of ether oxygens (including phenoxy) is 1. The molecule has 0 amide bonds. The van der Waals surface area contributed by atoms with E-state index in [0.29, 0.717) is 23.6 Å². The van der Waals surface area contributed by atoms with E-state index >= 15 is 0 Å². The van der Waals surface area contributed by atoms with Gasteiger partial charge < -0.3 is 9.72 Å². The van der Waals surface area contributed by atoms with Crippen LogP contribution in [0.4, 0.5) is 5.95 Å². The van der Waals surface area contributed by atoms with Gasteiger partial charge >= 0.3 is 5.97 Å². The van der Waals surface area contributed by atoms with Crippen LogP contribution in [0.15, 0.2) is 40.7 Å². The highest BCUT2D eigenvalue weighted by Gasteiger charge is 2.09. The normalized spacial score (nSPS) is 11.5. The molecule has 0 bridgehead atoms. The number of fused-ring (bicyclic) bond motifs is 1. The van der Waals surface area contributed by atoms with Gasteiger partial charge in [0.15, 0.2) is 0 Å². The van der Waals surface area contributed by atoms with E-state index in [1.54, 1.807) is 6.21 Å². The SMILES string of the molecule is CC(C)COC(=O)CSc1n[nH]c(N/N=C/c2c[nH]c3ccccc23)n1. The second-order valence-electron chi connectivity index (χ2n) is 5.99. The largest absolute Gasteiger partial charge is 0.465 e. The molecule has 0 atom stereocenters. The van der Waals surface area contributed by atoms with Crippen molar-refractivity contribution in [3.63, 3.8) is 0 Å². The highest BCUT2D eigenvalue weighted by Crippen LogP contribution is 2.16. The summed E-state index contributed by atoms with van der Waals surface area (Å²) in [7, 11) is 0. The number of rotatable bonds is 8. The maximum absolute atomic E-state index is 11.6. The molecule has 2 aromatic heterocycles. The van der Waals surface area contributed by atoms with Crippen LogP contribution in [0.1, 0.15) is 19.4 Å². The number of thioether (sulfide) groups is 1. The van der Waals surface area contributed by atoms with E-state index in [2.05, 4.69) is 30.7 Å². The molecule has 0 aliphatic heterocycles. The molecule has 3 aromatic rings. The lowest BCUT2D eigenvalue weighted by Crippen LogP contribution is -2.11. The molecule has 0 aliphatic rings. The second kappa shape index (κ2) is 8.52. The summed E-state index contributed by atoms with van der Waals surface area (Å²) in [4.78, 5) is 19.0. The number of carbonyl (C=O) groups is 1. The molecule has 0 fully saturated rings. The first-order valence-electron chi connectivity index (χ1n) is 8.18. The summed E-state index contributed by atoms with van der Waals surface area (Å²) < 4.78 is 5.11. The van der Waals surface area contributed by atoms with Gasteiger partial charge in [-0.05, 0) is 12.0 Å². The quantitative estimate of drug-likeness (QED) is 0.243. The third-order valence-corrected chi connectivity index (χ3v) is 4.18. The number of aromatic amines is 2. The van der Waals surface area contributed by atoms with E-state index in [9.17, 15) is 4.79 Å². The number of nitrogens with one attached hydrogen (secondary N) is 3. The van der Waals surface area contributed by atoms with Crippen LogP contribution in [0.5, 0.6) is 0 Å². The molecule has 0 saturated carbocycles. The van der Waals surface area contributed by atoms with Gasteiger partial charge in [0.25, 0.3) is 0 Å². The Kier molecular flexibility index (Phi) is 5.90. The van der Waals surface area contributed by atoms with Crippen LogP contribution in [-0.2, 0) is 9.53 Å². The minimum atomic E-state index is -0.277. The van der Waals surface area contributed by atoms with Gasteiger partial charge in [-0.1, -0.05) is 43.8 Å². The second-order valence-corrected chi connectivity index (χ2v) is 6.93. The Balaban J connectivity index is 1.50. The van der Waals surface area contributed by atoms with Crippen LogP contribution in [0.25, 0.3) is 10.9 Å². The molecule has 136 valence electrons. The van der Waals surface area contributed by atoms with Gasteiger partial charge in [0.2, 0.25) is 11.1 Å². The number of hydrazone groups is 1. The lowest BCUT2D eigenvalue weighted by atomic mass is 10.2. The molecule has 0 spiro atoms. The fourth-order valence-corrected chi connectivity index (χ4v) is 2.75. The van der Waals surface area contributed by atoms with E-state index in [1.807, 2.05) is 44.3 Å². The molecule has 3 N–H and O–H groups in total. The van der Waals surface area contributed by atoms with Gasteiger partial charge in [0.05, 0.1) is 18.6 Å². The minimum Gasteiger partial charge on any atom is -0.465 e. The van der Waals surface area contributed by atoms with Crippen molar-refractivity contribution in [2.24, 2.45) is 11.0 Å². The maximum Gasteiger partial charge on any atom is 0.316 e. The predicted molar refractivity (Wildman–Crippen MR) is 102 cm³/mol. The summed E-state index contributed by atoms with van der Waals surface area (Å²) >= 11 is 1.21. The van der Waals surface area contributed by atoms with Crippen molar-refractivity contribution in [3.8, 4) is 0 Å². The van der Waals surface area contributed by atoms with Gasteiger partial charge in [0.1, 0.15) is 0 Å². The molecule has 3 rings (SSSR count). The number of aromatic nitrogens is 4. The van der Waals surface area contributed by atoms with Gasteiger partial charge in [-0.2, -0.15) is 10.1 Å². The summed E-state index contributed by atoms with van der Waals surface area (Å²) in [6.45, 7) is 4.40. The predicted octanol–water partition coefficient (Wildman–Crippen LogP) is 3.02. The number of hydrogen-bond donors (Lipinski definition) is 3. The van der Waals surface area contributed by atoms with Crippen LogP contribution < -0.4 is 5.43 Å². The molecule has 9 heteroatoms. The minimum absolute atomic E-state index is 0.169. The van der Waals surface area contributed by atoms with E-state index in [1.165, 1.54) is 11.8 Å². The Hall–Kier alpha value is -2.81. The first-order valence-corrected chi connectivity index (χ1v) is 9.16. The van der Waals surface area contributed by atoms with Crippen LogP contribution in [0, 0.1) is 5.92 Å². The summed E-state index contributed by atoms with van der Waals surface area (Å²) in [5.41, 5.74) is 4.81. The molecule has 0 radical (unpaired) electrons. The average molecular weight is 372 g/mol. The van der Waals surface area contributed by atoms with Gasteiger partial charge in [-0.15, -0.1) is 5.10 Å². The van der Waals surface area contributed by atoms with Gasteiger partial charge in [-0.25, -0.2) is 10.5 Å². The number of nitrogens with zero attached hydrogens (tertiary/aromatic N) is 3. The van der Waals surface area contributed by atoms with Crippen molar-refractivity contribution < 1.29 is 9.53 Å². The molecular formula is C17H20N6O2S. The Morgan fingerprint density at radius 2 is 2.27 bits per heavy atom. The van der Waals surface area contributed by atoms with Crippen molar-refractivity contribution in [1.29, 1.82) is 0 Å². The van der Waals surface area contributed by atoms with Crippen LogP contribution in [0.2, 0.25) is 0 Å². The Morgan fingerprint density at radius 1 is 1.42 bits per heavy atom. The number of anilines is 1. The number of benzene rings is 1. The summed E-state index contributed by atoms with van der Waals surface area (Å²) in [6.07, 6.45) is 3.59. The maximum atomic E-state index is 11.6. The lowest BCUT2D eigenvalue weighted by molar-refractivity contribution is -0.141. The first-order chi connectivity index (χ1) is 12.6. The zero-order valence-electron chi connectivity index (χ0n) is 14.5. The molecular weight excluding hydrogens is 352 g/mol. The van der Waals surface area contributed by atoms with E-state index in [4.69, 9.17) is 4.74 Å². The standard InChI is InChI=1S/C17H20N6O2S/c1-11(2)9-25-15(24)10-26-17-20-16(22-23-17)21-19-8-12-7-18-14-6-4-3-5-13(12)14/h3-8,11,18H,9-10H2,1-2H3,(H2,20,21,22,23)/b19-8+. The molecule has 0 unspecified atom stereocenters. The smallest absolute Gasteiger partial charge is 0.316 e. The Labute approximate surface area is 154 Å². The summed E-state index contributed by atoms with van der Waals surface area (Å²) in [5, 5.41) is 12.5. The van der Waals surface area contributed by atoms with Crippen LogP contribution in [-0.4, -0.2) is 44.7 Å². The fourth-order valence-electron chi connectivity index (χ4n) is 2.15. The van der Waals surface area contributed by atoms with Crippen LogP contribution in [0.3, 0.4) is 0 Å². The average Bonchev–Trinajstić information content (AvgIpc) is 3.25. The first kappa shape index (κ1) is 18.0. The highest BCUT2D eigenvalue weighted by molar-refractivity contribution is 7.99. The Bertz CT molecular complexity index is 901. The van der Waals surface area contributed by atoms with Crippen molar-refractivity contribution in [2.75, 3.05) is 17.8 Å². The topological polar surface area (TPSA) is 108 Å². The zero-order chi connectivity index (χ0) is 18.4. The van der Waals surface area contributed by atoms with E-state index in [-0.39, 0.29) is 11.7 Å². The third kappa shape index (κ3) is 4.85. The monoisotopic (exact) mass is 372 g/mol. The van der Waals surface area contributed by atoms with Crippen LogP contribution >= 0.6 is 11.8 Å². The molecule has 0 saturated heterocycles. The number of carbonyl (C=O) groups excluding carboxylic acids is 1. The van der Waals surface area contributed by atoms with E-state index in [0.717, 1.165) is 16.5 Å². The number of para-hydroxylation sites is 1. The van der Waals surface area contributed by atoms with E-state index < -0.39 is 0 Å². The Morgan fingerprint density at radius 3 is 3.12 bits per heavy atom. The van der Waals surface area contributed by atoms with Crippen molar-refractivity contribution in [1.82, 2.24) is 20.2 Å². The van der Waals surface area contributed by atoms with Crippen molar-refractivity contribution >= 4 is 40.8 Å². The summed E-state index contributed by atoms with van der Waals surface area (Å²) in [5.74, 6) is 0.612. The summed E-state index contributed by atoms with van der Waals surface area (Å²) in [6, 6.07) is 7.98. The number of hydrogen-bond acceptors (Lipinski definition) is 7. The van der Waals surface area contributed by atoms with Crippen molar-refractivity contribution in [2.45, 2.75) is 19.0 Å². The number of H-pyrrole nitrogens is 2. The van der Waals surface area contributed by atoms with Gasteiger partial charge in [-0.3, -0.25) is 4.79 Å². The third-order valence-electron chi connectivity index (χ3n) is 3.36. The molecule has 8 nitrogen and oxygen atoms in total. The lowest BCUT2D eigenvalue weighted by Gasteiger charge is -2.05. The zero-order valence-corrected chi connectivity index (χ0v) is 15.3. The van der Waals surface area contributed by atoms with Gasteiger partial charge in [0, 0.05) is 22.7 Å². The molecule has 0 aliphatic carbocycles. The number of esters is 1.